The van der Waals surface area contributed by atoms with E-state index in [0.717, 1.165) is 12.7 Å². The monoisotopic (exact) mass is 616 g/mol. The number of hydrogen-bond donors (Lipinski definition) is 1. The van der Waals surface area contributed by atoms with Crippen LogP contribution in [0.2, 0.25) is 0 Å². The molecule has 2 aromatic rings. The van der Waals surface area contributed by atoms with Gasteiger partial charge in [0.25, 0.3) is 5.91 Å². The Morgan fingerprint density at radius 2 is 1.90 bits per heavy atom. The number of carbonyl (C=O) groups excluding carboxylic acids is 2. The molecule has 0 saturated heterocycles. The van der Waals surface area contributed by atoms with E-state index >= 15 is 0 Å². The van der Waals surface area contributed by atoms with Crippen molar-refractivity contribution in [3.05, 3.63) is 60.2 Å². The van der Waals surface area contributed by atoms with Crippen molar-refractivity contribution in [1.29, 1.82) is 5.26 Å². The van der Waals surface area contributed by atoms with E-state index in [2.05, 4.69) is 50.5 Å². The summed E-state index contributed by atoms with van der Waals surface area (Å²) < 4.78 is 11.9. The van der Waals surface area contributed by atoms with Gasteiger partial charge in [0.15, 0.2) is 6.61 Å². The maximum atomic E-state index is 12.5. The van der Waals surface area contributed by atoms with Gasteiger partial charge in [-0.2, -0.15) is 5.26 Å². The topological polar surface area (TPSA) is 88.4 Å². The van der Waals surface area contributed by atoms with Gasteiger partial charge < -0.3 is 14.8 Å². The maximum absolute atomic E-state index is 12.5. The highest BCUT2D eigenvalue weighted by Crippen LogP contribution is 2.30. The summed E-state index contributed by atoms with van der Waals surface area (Å²) in [5, 5.41) is 12.2. The van der Waals surface area contributed by atoms with Crippen LogP contribution in [0.1, 0.15) is 18.1 Å². The van der Waals surface area contributed by atoms with Gasteiger partial charge in [0, 0.05) is 5.69 Å². The second-order valence-electron chi connectivity index (χ2n) is 5.90. The average Bonchev–Trinajstić information content (AvgIpc) is 2.65. The number of hydrogen-bond acceptors (Lipinski definition) is 5. The molecule has 8 heteroatoms. The molecule has 0 bridgehead atoms. The molecule has 29 heavy (non-hydrogen) atoms. The number of amides is 1. The molecule has 0 atom stereocenters. The Bertz CT molecular complexity index is 973. The molecule has 0 fully saturated rings. The minimum Gasteiger partial charge on any atom is -0.480 e. The van der Waals surface area contributed by atoms with Crippen molar-refractivity contribution in [3.63, 3.8) is 0 Å². The Hall–Kier alpha value is -2.13. The Balaban J connectivity index is 2.19. The molecule has 6 nitrogen and oxygen atoms in total. The molecule has 1 N–H and O–H groups in total. The van der Waals surface area contributed by atoms with E-state index in [4.69, 9.17) is 9.47 Å². The number of anilines is 1. The predicted molar refractivity (Wildman–Crippen MR) is 127 cm³/mol. The van der Waals surface area contributed by atoms with Gasteiger partial charge in [-0.1, -0.05) is 12.1 Å². The van der Waals surface area contributed by atoms with Crippen molar-refractivity contribution in [3.8, 4) is 11.8 Å². The summed E-state index contributed by atoms with van der Waals surface area (Å²) >= 11 is 4.17. The second-order valence-corrected chi connectivity index (χ2v) is 8.23. The highest BCUT2D eigenvalue weighted by atomic mass is 127. The van der Waals surface area contributed by atoms with E-state index in [0.29, 0.717) is 23.6 Å². The quantitative estimate of drug-likeness (QED) is 0.211. The zero-order valence-corrected chi connectivity index (χ0v) is 20.1. The van der Waals surface area contributed by atoms with E-state index in [1.54, 1.807) is 25.1 Å². The number of rotatable bonds is 7. The van der Waals surface area contributed by atoms with Crippen LogP contribution in [0.5, 0.6) is 5.75 Å². The summed E-state index contributed by atoms with van der Waals surface area (Å²) in [6.07, 6.45) is 1.52. The lowest BCUT2D eigenvalue weighted by Crippen LogP contribution is -2.15. The molecule has 2 aromatic carbocycles. The van der Waals surface area contributed by atoms with E-state index in [9.17, 15) is 14.9 Å². The molecule has 0 radical (unpaired) electrons. The first kappa shape index (κ1) is 23.2. The van der Waals surface area contributed by atoms with Crippen molar-refractivity contribution < 1.29 is 19.1 Å². The summed E-state index contributed by atoms with van der Waals surface area (Å²) in [4.78, 5) is 23.9. The molecular formula is C21H18I2N2O4. The van der Waals surface area contributed by atoms with Crippen molar-refractivity contribution >= 4 is 68.8 Å². The number of ether oxygens (including phenoxy) is 2. The largest absolute Gasteiger partial charge is 0.480 e. The zero-order valence-electron chi connectivity index (χ0n) is 15.8. The molecule has 0 aliphatic rings. The van der Waals surface area contributed by atoms with E-state index in [-0.39, 0.29) is 12.2 Å². The fraction of sp³-hybridized carbons (Fsp3) is 0.190. The summed E-state index contributed by atoms with van der Waals surface area (Å²) in [5.41, 5.74) is 2.30. The summed E-state index contributed by atoms with van der Waals surface area (Å²) in [7, 11) is 0. The van der Waals surface area contributed by atoms with Crippen molar-refractivity contribution in [2.75, 3.05) is 18.5 Å². The number of nitriles is 1. The van der Waals surface area contributed by atoms with Gasteiger partial charge in [0.2, 0.25) is 0 Å². The smallest absolute Gasteiger partial charge is 0.344 e. The Kier molecular flexibility index (Phi) is 8.91. The lowest BCUT2D eigenvalue weighted by atomic mass is 10.1. The average molecular weight is 616 g/mol. The van der Waals surface area contributed by atoms with Crippen LogP contribution in [0, 0.1) is 25.4 Å². The van der Waals surface area contributed by atoms with Crippen LogP contribution in [0.15, 0.2) is 42.0 Å². The lowest BCUT2D eigenvalue weighted by Gasteiger charge is -2.11. The van der Waals surface area contributed by atoms with Crippen molar-refractivity contribution in [2.24, 2.45) is 0 Å². The highest BCUT2D eigenvalue weighted by Gasteiger charge is 2.14. The molecule has 2 rings (SSSR count). The van der Waals surface area contributed by atoms with Crippen molar-refractivity contribution in [1.82, 2.24) is 0 Å². The lowest BCUT2D eigenvalue weighted by molar-refractivity contribution is -0.145. The second kappa shape index (κ2) is 11.2. The Morgan fingerprint density at radius 1 is 1.21 bits per heavy atom. The molecule has 1 amide bonds. The Labute approximate surface area is 196 Å². The van der Waals surface area contributed by atoms with Gasteiger partial charge in [-0.3, -0.25) is 4.79 Å². The molecule has 0 unspecified atom stereocenters. The molecular weight excluding hydrogens is 598 g/mol. The molecule has 0 aliphatic carbocycles. The van der Waals surface area contributed by atoms with Crippen LogP contribution in [-0.2, 0) is 14.3 Å². The van der Waals surface area contributed by atoms with Crippen molar-refractivity contribution in [2.45, 2.75) is 13.8 Å². The Morgan fingerprint density at radius 3 is 2.48 bits per heavy atom. The number of carbonyl (C=O) groups is 2. The van der Waals surface area contributed by atoms with Crippen LogP contribution in [-0.4, -0.2) is 25.1 Å². The number of benzene rings is 2. The first-order valence-corrected chi connectivity index (χ1v) is 10.8. The number of halogens is 2. The van der Waals surface area contributed by atoms with Gasteiger partial charge in [0.05, 0.1) is 13.7 Å². The number of nitrogens with one attached hydrogen (secondary N) is 1. The SMILES string of the molecule is CCOC(=O)COc1c(I)cc(/C=C(/C#N)C(=O)Nc2cccc(C)c2)cc1I. The van der Waals surface area contributed by atoms with Gasteiger partial charge >= 0.3 is 5.97 Å². The fourth-order valence-electron chi connectivity index (χ4n) is 2.37. The first-order valence-electron chi connectivity index (χ1n) is 8.61. The minimum absolute atomic E-state index is 0.0155. The number of esters is 1. The van der Waals surface area contributed by atoms with Crippen LogP contribution < -0.4 is 10.1 Å². The highest BCUT2D eigenvalue weighted by molar-refractivity contribution is 14.1. The molecule has 0 aliphatic heterocycles. The summed E-state index contributed by atoms with van der Waals surface area (Å²) in [6.45, 7) is 3.76. The molecule has 0 heterocycles. The normalized spacial score (nSPS) is 10.8. The standard InChI is InChI=1S/C21H18I2N2O4/c1-3-28-19(26)12-29-20-17(22)9-14(10-18(20)23)8-15(11-24)21(27)25-16-6-4-5-13(2)7-16/h4-10H,3,12H2,1-2H3,(H,25,27)/b15-8-. The molecule has 0 spiro atoms. The third kappa shape index (κ3) is 7.01. The van der Waals surface area contributed by atoms with Crippen LogP contribution >= 0.6 is 45.2 Å². The zero-order chi connectivity index (χ0) is 21.4. The summed E-state index contributed by atoms with van der Waals surface area (Å²) in [5.74, 6) is -0.368. The van der Waals surface area contributed by atoms with E-state index < -0.39 is 11.9 Å². The maximum Gasteiger partial charge on any atom is 0.344 e. The first-order chi connectivity index (χ1) is 13.8. The van der Waals surface area contributed by atoms with Gasteiger partial charge in [0.1, 0.15) is 17.4 Å². The minimum atomic E-state index is -0.481. The third-order valence-corrected chi connectivity index (χ3v) is 5.21. The fourth-order valence-corrected chi connectivity index (χ4v) is 4.50. The van der Waals surface area contributed by atoms with Crippen LogP contribution in [0.3, 0.4) is 0 Å². The number of aryl methyl sites for hydroxylation is 1. The van der Waals surface area contributed by atoms with Gasteiger partial charge in [-0.15, -0.1) is 0 Å². The third-order valence-electron chi connectivity index (χ3n) is 3.61. The van der Waals surface area contributed by atoms with Gasteiger partial charge in [-0.05, 0) is 100 Å². The van der Waals surface area contributed by atoms with Crippen LogP contribution in [0.4, 0.5) is 5.69 Å². The predicted octanol–water partition coefficient (Wildman–Crippen LogP) is 4.69. The number of nitrogens with zero attached hydrogens (tertiary/aromatic N) is 1. The molecule has 150 valence electrons. The molecule has 0 saturated carbocycles. The summed E-state index contributed by atoms with van der Waals surface area (Å²) in [6, 6.07) is 12.9. The van der Waals surface area contributed by atoms with E-state index in [1.807, 2.05) is 31.2 Å². The molecule has 0 aromatic heterocycles. The van der Waals surface area contributed by atoms with E-state index in [1.165, 1.54) is 6.08 Å². The van der Waals surface area contributed by atoms with Crippen LogP contribution in [0.25, 0.3) is 6.08 Å². The van der Waals surface area contributed by atoms with Gasteiger partial charge in [-0.25, -0.2) is 4.79 Å².